The molecule has 0 aliphatic rings. The number of rotatable bonds is 8. The predicted octanol–water partition coefficient (Wildman–Crippen LogP) is 6.94. The van der Waals surface area contributed by atoms with E-state index in [1.165, 1.54) is 0 Å². The van der Waals surface area contributed by atoms with Crippen molar-refractivity contribution >= 4 is 50.4 Å². The fourth-order valence-electron chi connectivity index (χ4n) is 5.24. The van der Waals surface area contributed by atoms with Crippen LogP contribution in [0.5, 0.6) is 5.75 Å². The van der Waals surface area contributed by atoms with Crippen molar-refractivity contribution in [2.75, 3.05) is 12.4 Å². The van der Waals surface area contributed by atoms with E-state index in [9.17, 15) is 9.59 Å². The maximum Gasteiger partial charge on any atom is 0.338 e. The molecule has 8 heteroatoms. The van der Waals surface area contributed by atoms with E-state index in [-0.39, 0.29) is 5.91 Å². The molecule has 0 aliphatic heterocycles. The highest BCUT2D eigenvalue weighted by Gasteiger charge is 2.23. The second-order valence-corrected chi connectivity index (χ2v) is 9.83. The van der Waals surface area contributed by atoms with Crippen LogP contribution in [-0.2, 0) is 16.1 Å². The van der Waals surface area contributed by atoms with Gasteiger partial charge in [-0.05, 0) is 80.1 Å². The molecule has 4 aromatic carbocycles. The number of aryl methyl sites for hydroxylation is 1. The summed E-state index contributed by atoms with van der Waals surface area (Å²) in [6.45, 7) is 4.78. The number of aromatic amines is 1. The second kappa shape index (κ2) is 10.8. The third kappa shape index (κ3) is 4.89. The van der Waals surface area contributed by atoms with Crippen molar-refractivity contribution in [3.05, 3.63) is 90.5 Å². The van der Waals surface area contributed by atoms with Gasteiger partial charge in [0.2, 0.25) is 0 Å². The third-order valence-corrected chi connectivity index (χ3v) is 7.35. The second-order valence-electron chi connectivity index (χ2n) is 9.83. The Kier molecular flexibility index (Phi) is 6.89. The number of carbonyl (C=O) groups is 2. The van der Waals surface area contributed by atoms with Gasteiger partial charge in [0.05, 0.1) is 23.7 Å². The number of methoxy groups -OCH3 is 1. The van der Waals surface area contributed by atoms with Gasteiger partial charge in [-0.1, -0.05) is 25.1 Å². The first-order valence-electron chi connectivity index (χ1n) is 13.7. The topological polar surface area (TPSA) is 98.2 Å². The maximum atomic E-state index is 13.2. The summed E-state index contributed by atoms with van der Waals surface area (Å²) in [5.41, 5.74) is 5.56. The number of hydrogen-bond donors (Lipinski definition) is 2. The Morgan fingerprint density at radius 2 is 1.71 bits per heavy atom. The van der Waals surface area contributed by atoms with Gasteiger partial charge < -0.3 is 24.3 Å². The van der Waals surface area contributed by atoms with Crippen LogP contribution in [0, 0.1) is 0 Å². The highest BCUT2D eigenvalue weighted by Crippen LogP contribution is 2.31. The number of esters is 1. The number of H-pyrrole nitrogens is 1. The minimum atomic E-state index is -0.942. The molecule has 41 heavy (non-hydrogen) atoms. The van der Waals surface area contributed by atoms with E-state index >= 15 is 0 Å². The fourth-order valence-corrected chi connectivity index (χ4v) is 5.24. The lowest BCUT2D eigenvalue weighted by molar-refractivity contribution is -0.124. The Labute approximate surface area is 236 Å². The molecule has 6 rings (SSSR count). The highest BCUT2D eigenvalue weighted by atomic mass is 16.5. The number of aromatic nitrogens is 3. The molecule has 2 aromatic heterocycles. The number of nitrogens with zero attached hydrogens (tertiary/aromatic N) is 2. The molecule has 2 N–H and O–H groups in total. The van der Waals surface area contributed by atoms with Gasteiger partial charge in [0.15, 0.2) is 6.10 Å². The molecular formula is C33H30N4O4. The van der Waals surface area contributed by atoms with Crippen molar-refractivity contribution in [3.63, 3.8) is 0 Å². The Morgan fingerprint density at radius 3 is 2.46 bits per heavy atom. The number of carbonyl (C=O) groups excluding carboxylic acids is 2. The zero-order valence-corrected chi connectivity index (χ0v) is 23.1. The van der Waals surface area contributed by atoms with Gasteiger partial charge >= 0.3 is 5.97 Å². The van der Waals surface area contributed by atoms with Crippen molar-refractivity contribution in [2.45, 2.75) is 32.9 Å². The first kappa shape index (κ1) is 26.1. The number of imidazole rings is 1. The summed E-state index contributed by atoms with van der Waals surface area (Å²) in [6, 6.07) is 26.8. The predicted molar refractivity (Wildman–Crippen MR) is 161 cm³/mol. The molecule has 1 atom stereocenters. The lowest BCUT2D eigenvalue weighted by Crippen LogP contribution is -2.32. The van der Waals surface area contributed by atoms with E-state index in [2.05, 4.69) is 38.9 Å². The van der Waals surface area contributed by atoms with Crippen LogP contribution in [0.25, 0.3) is 44.2 Å². The van der Waals surface area contributed by atoms with E-state index in [1.807, 2.05) is 61.5 Å². The molecule has 1 amide bonds. The number of nitrogens with one attached hydrogen (secondary N) is 2. The van der Waals surface area contributed by atoms with Crippen LogP contribution < -0.4 is 10.1 Å². The van der Waals surface area contributed by atoms with Crippen molar-refractivity contribution in [2.24, 2.45) is 0 Å². The molecular weight excluding hydrogens is 516 g/mol. The summed E-state index contributed by atoms with van der Waals surface area (Å²) >= 11 is 0. The smallest absolute Gasteiger partial charge is 0.338 e. The molecule has 0 spiro atoms. The van der Waals surface area contributed by atoms with E-state index in [4.69, 9.17) is 9.47 Å². The van der Waals surface area contributed by atoms with Gasteiger partial charge in [0, 0.05) is 39.6 Å². The molecule has 1 unspecified atom stereocenters. The minimum absolute atomic E-state index is 0.336. The van der Waals surface area contributed by atoms with Gasteiger partial charge in [-0.15, -0.1) is 0 Å². The number of benzene rings is 4. The molecule has 2 heterocycles. The molecule has 0 bridgehead atoms. The van der Waals surface area contributed by atoms with E-state index in [1.54, 1.807) is 25.3 Å². The number of fused-ring (bicyclic) bond motifs is 4. The number of anilines is 1. The molecule has 0 saturated heterocycles. The van der Waals surface area contributed by atoms with Crippen molar-refractivity contribution in [1.82, 2.24) is 14.5 Å². The first-order valence-corrected chi connectivity index (χ1v) is 13.7. The van der Waals surface area contributed by atoms with Crippen LogP contribution in [0.2, 0.25) is 0 Å². The van der Waals surface area contributed by atoms with Gasteiger partial charge in [-0.2, -0.15) is 0 Å². The molecule has 6 aromatic rings. The monoisotopic (exact) mass is 546 g/mol. The summed E-state index contributed by atoms with van der Waals surface area (Å²) in [6.07, 6.45) is -0.606. The third-order valence-electron chi connectivity index (χ3n) is 7.35. The molecule has 0 radical (unpaired) electrons. The molecule has 8 nitrogen and oxygen atoms in total. The van der Waals surface area contributed by atoms with Gasteiger partial charge in [-0.25, -0.2) is 9.78 Å². The number of hydrogen-bond acceptors (Lipinski definition) is 5. The Morgan fingerprint density at radius 1 is 0.927 bits per heavy atom. The highest BCUT2D eigenvalue weighted by molar-refractivity contribution is 6.10. The summed E-state index contributed by atoms with van der Waals surface area (Å²) < 4.78 is 13.1. The Bertz CT molecular complexity index is 1900. The van der Waals surface area contributed by atoms with Crippen molar-refractivity contribution < 1.29 is 19.1 Å². The van der Waals surface area contributed by atoms with Gasteiger partial charge in [-0.3, -0.25) is 4.79 Å². The lowest BCUT2D eigenvalue weighted by atomic mass is 10.1. The summed E-state index contributed by atoms with van der Waals surface area (Å²) in [7, 11) is 1.62. The average molecular weight is 547 g/mol. The van der Waals surface area contributed by atoms with Crippen LogP contribution in [0.15, 0.2) is 84.9 Å². The average Bonchev–Trinajstić information content (AvgIpc) is 3.58. The molecule has 0 saturated carbocycles. The van der Waals surface area contributed by atoms with E-state index in [0.29, 0.717) is 29.0 Å². The van der Waals surface area contributed by atoms with Gasteiger partial charge in [0.25, 0.3) is 5.91 Å². The van der Waals surface area contributed by atoms with Crippen LogP contribution >= 0.6 is 0 Å². The number of para-hydroxylation sites is 1. The van der Waals surface area contributed by atoms with Crippen LogP contribution in [0.1, 0.15) is 30.6 Å². The summed E-state index contributed by atoms with van der Waals surface area (Å²) in [4.78, 5) is 34.1. The van der Waals surface area contributed by atoms with Crippen LogP contribution in [-0.4, -0.2) is 39.6 Å². The SMILES string of the molecule is CCC(OC(=O)c1ccc2nc(-c3ccc(OC)cc3)[nH]c2c1)C(=O)Nc1ccc2c(c1)c1ccccc1n2CC. The zero-order valence-electron chi connectivity index (χ0n) is 23.1. The van der Waals surface area contributed by atoms with E-state index in [0.717, 1.165) is 45.2 Å². The normalized spacial score (nSPS) is 12.1. The molecule has 206 valence electrons. The molecule has 0 aliphatic carbocycles. The standard InChI is InChI=1S/C33H30N4O4/c1-4-30(32(38)34-22-13-17-29-25(19-22)24-8-6-7-9-28(24)37(29)5-2)41-33(39)21-12-16-26-27(18-21)36-31(35-26)20-10-14-23(40-3)15-11-20/h6-19,30H,4-5H2,1-3H3,(H,34,38)(H,35,36). The summed E-state index contributed by atoms with van der Waals surface area (Å²) in [5, 5.41) is 5.13. The fraction of sp³-hybridized carbons (Fsp3) is 0.182. The van der Waals surface area contributed by atoms with Crippen molar-refractivity contribution in [1.29, 1.82) is 0 Å². The number of ether oxygens (including phenoxy) is 2. The maximum absolute atomic E-state index is 13.2. The van der Waals surface area contributed by atoms with E-state index < -0.39 is 12.1 Å². The van der Waals surface area contributed by atoms with Crippen molar-refractivity contribution in [3.8, 4) is 17.1 Å². The van der Waals surface area contributed by atoms with Crippen LogP contribution in [0.3, 0.4) is 0 Å². The van der Waals surface area contributed by atoms with Gasteiger partial charge in [0.1, 0.15) is 11.6 Å². The zero-order chi connectivity index (χ0) is 28.5. The molecule has 0 fully saturated rings. The largest absolute Gasteiger partial charge is 0.497 e. The van der Waals surface area contributed by atoms with Crippen LogP contribution in [0.4, 0.5) is 5.69 Å². The minimum Gasteiger partial charge on any atom is -0.497 e. The first-order chi connectivity index (χ1) is 20.0. The lowest BCUT2D eigenvalue weighted by Gasteiger charge is -2.16. The summed E-state index contributed by atoms with van der Waals surface area (Å²) in [5.74, 6) is 0.492. The number of amides is 1. The Balaban J connectivity index is 1.19. The Hall–Kier alpha value is -5.11. The quantitative estimate of drug-likeness (QED) is 0.202.